The molecule has 18 heteroatoms. The van der Waals surface area contributed by atoms with Crippen molar-refractivity contribution in [2.24, 2.45) is 0 Å². The minimum absolute atomic E-state index is 0.0954. The normalized spacial score (nSPS) is 14.8. The molecule has 5 unspecified atom stereocenters. The highest BCUT2D eigenvalue weighted by atomic mass is 31.2. The lowest BCUT2D eigenvalue weighted by Crippen LogP contribution is -2.30. The molecule has 0 fully saturated rings. The fourth-order valence-corrected chi connectivity index (χ4v) is 9.92. The van der Waals surface area contributed by atoms with Crippen LogP contribution in [0.4, 0.5) is 0 Å². The van der Waals surface area contributed by atoms with Gasteiger partial charge in [-0.15, -0.1) is 0 Å². The van der Waals surface area contributed by atoms with Gasteiger partial charge in [0.2, 0.25) is 0 Å². The van der Waals surface area contributed by atoms with Gasteiger partial charge in [-0.25, -0.2) is 9.13 Å². The Morgan fingerprint density at radius 3 is 1.05 bits per heavy atom. The van der Waals surface area contributed by atoms with Crippen molar-refractivity contribution >= 4 is 33.6 Å². The van der Waals surface area contributed by atoms with Crippen LogP contribution in [0.15, 0.2) is 60.8 Å². The third-order valence-corrected chi connectivity index (χ3v) is 15.1. The zero-order valence-corrected chi connectivity index (χ0v) is 52.5. The molecule has 0 spiro atoms. The van der Waals surface area contributed by atoms with E-state index in [0.29, 0.717) is 19.3 Å². The molecule has 0 aromatic rings. The van der Waals surface area contributed by atoms with Crippen LogP contribution < -0.4 is 0 Å². The van der Waals surface area contributed by atoms with Crippen molar-refractivity contribution in [3.63, 3.8) is 0 Å². The number of hydrogen-bond acceptors (Lipinski definition) is 14. The molecule has 0 radical (unpaired) electrons. The van der Waals surface area contributed by atoms with Gasteiger partial charge >= 0.3 is 33.6 Å². The first-order chi connectivity index (χ1) is 39.2. The van der Waals surface area contributed by atoms with Gasteiger partial charge in [-0.2, -0.15) is 0 Å². The predicted molar refractivity (Wildman–Crippen MR) is 325 cm³/mol. The summed E-state index contributed by atoms with van der Waals surface area (Å²) in [5.41, 5.74) is 0. The van der Waals surface area contributed by atoms with Gasteiger partial charge < -0.3 is 34.2 Å². The second kappa shape index (κ2) is 57.7. The fourth-order valence-electron chi connectivity index (χ4n) is 8.34. The Morgan fingerprint density at radius 2 is 0.654 bits per heavy atom. The van der Waals surface area contributed by atoms with E-state index in [9.17, 15) is 43.5 Å². The number of hydrogen-bond donors (Lipinski definition) is 4. The van der Waals surface area contributed by atoms with Crippen molar-refractivity contribution in [1.29, 1.82) is 0 Å². The Hall–Kier alpha value is -2.75. The van der Waals surface area contributed by atoms with E-state index in [2.05, 4.69) is 81.5 Å². The second-order valence-corrected chi connectivity index (χ2v) is 24.1. The van der Waals surface area contributed by atoms with E-state index in [0.717, 1.165) is 128 Å². The van der Waals surface area contributed by atoms with Crippen molar-refractivity contribution in [1.82, 2.24) is 0 Å². The van der Waals surface area contributed by atoms with Crippen molar-refractivity contribution in [2.75, 3.05) is 39.6 Å². The number of aliphatic hydroxyl groups is 2. The van der Waals surface area contributed by atoms with E-state index in [1.165, 1.54) is 77.0 Å². The molecular formula is C63H114O16P2. The van der Waals surface area contributed by atoms with Crippen LogP contribution in [0.3, 0.4) is 0 Å². The summed E-state index contributed by atoms with van der Waals surface area (Å²) < 4.78 is 60.7. The van der Waals surface area contributed by atoms with E-state index in [1.54, 1.807) is 0 Å². The van der Waals surface area contributed by atoms with Crippen LogP contribution in [0.1, 0.15) is 265 Å². The summed E-state index contributed by atoms with van der Waals surface area (Å²) in [5, 5.41) is 20.5. The van der Waals surface area contributed by atoms with E-state index in [1.807, 2.05) is 0 Å². The average Bonchev–Trinajstić information content (AvgIpc) is 3.45. The van der Waals surface area contributed by atoms with Gasteiger partial charge in [0, 0.05) is 19.3 Å². The minimum Gasteiger partial charge on any atom is -0.463 e. The summed E-state index contributed by atoms with van der Waals surface area (Å²) in [7, 11) is -9.76. The summed E-state index contributed by atoms with van der Waals surface area (Å²) >= 11 is 0. The van der Waals surface area contributed by atoms with Crippen molar-refractivity contribution in [2.45, 2.75) is 283 Å². The number of phosphoric acid groups is 2. The standard InChI is InChI=1S/C63H114O16P2/c1-4-7-10-13-16-19-22-25-28-31-34-37-40-43-46-49-61(66)73-52-58(64)53-75-80(69,70)76-54-59(65)55-77-81(71,72)78-57-60(79-63(68)51-48-45-42-39-36-33-30-27-24-21-18-15-12-9-6-3)56-74-62(67)50-47-44-41-38-35-32-29-26-23-20-17-14-11-8-5-2/h7,10,16,19,25-30,58-60,64-65H,4-6,8-9,11-15,17-18,20-24,31-57H2,1-3H3,(H,69,70)(H,71,72)/b10-7-,19-16-,28-25-,29-26-,30-27-. The lowest BCUT2D eigenvalue weighted by atomic mass is 10.1. The summed E-state index contributed by atoms with van der Waals surface area (Å²) in [6, 6.07) is 0. The van der Waals surface area contributed by atoms with Crippen LogP contribution in [0.25, 0.3) is 0 Å². The Balaban J connectivity index is 4.73. The summed E-state index contributed by atoms with van der Waals surface area (Å²) in [4.78, 5) is 58.2. The summed E-state index contributed by atoms with van der Waals surface area (Å²) in [6.45, 7) is 2.51. The van der Waals surface area contributed by atoms with Crippen LogP contribution in [0, 0.1) is 0 Å². The van der Waals surface area contributed by atoms with Gasteiger partial charge in [0.05, 0.1) is 26.4 Å². The molecule has 0 aliphatic carbocycles. The monoisotopic (exact) mass is 1190 g/mol. The van der Waals surface area contributed by atoms with Crippen LogP contribution in [-0.2, 0) is 55.8 Å². The smallest absolute Gasteiger partial charge is 0.463 e. The molecule has 0 aromatic carbocycles. The Morgan fingerprint density at radius 1 is 0.358 bits per heavy atom. The predicted octanol–water partition coefficient (Wildman–Crippen LogP) is 16.6. The van der Waals surface area contributed by atoms with Gasteiger partial charge in [-0.05, 0) is 103 Å². The van der Waals surface area contributed by atoms with Gasteiger partial charge in [0.25, 0.3) is 0 Å². The molecule has 16 nitrogen and oxygen atoms in total. The molecule has 0 saturated carbocycles. The van der Waals surface area contributed by atoms with Crippen molar-refractivity contribution in [3.8, 4) is 0 Å². The van der Waals surface area contributed by atoms with Crippen LogP contribution in [-0.4, -0.2) is 95.9 Å². The van der Waals surface area contributed by atoms with Gasteiger partial charge in [0.1, 0.15) is 25.4 Å². The van der Waals surface area contributed by atoms with Gasteiger partial charge in [-0.1, -0.05) is 204 Å². The van der Waals surface area contributed by atoms with Crippen LogP contribution in [0.5, 0.6) is 0 Å². The summed E-state index contributed by atoms with van der Waals surface area (Å²) in [6.07, 6.45) is 55.7. The molecule has 472 valence electrons. The SMILES string of the molecule is CC/C=C\C/C=C\C/C=C\CCCCCCCC(=O)OCC(O)COP(=O)(O)OCC(O)COP(=O)(O)OCC(COC(=O)CCCCCCC/C=C\CCCCCCCC)OC(=O)CCCCCCC/C=C\CCCCCCCC. The number of rotatable bonds is 60. The van der Waals surface area contributed by atoms with Crippen molar-refractivity contribution < 1.29 is 75.8 Å². The first-order valence-corrected chi connectivity index (χ1v) is 34.6. The van der Waals surface area contributed by atoms with Gasteiger partial charge in [0.15, 0.2) is 6.10 Å². The third-order valence-electron chi connectivity index (χ3n) is 13.2. The van der Waals surface area contributed by atoms with Crippen molar-refractivity contribution in [3.05, 3.63) is 60.8 Å². The fraction of sp³-hybridized carbons (Fsp3) is 0.794. The van der Waals surface area contributed by atoms with E-state index in [-0.39, 0.29) is 19.3 Å². The molecule has 0 bridgehead atoms. The van der Waals surface area contributed by atoms with Crippen LogP contribution in [0.2, 0.25) is 0 Å². The average molecular weight is 1190 g/mol. The molecule has 0 aliphatic rings. The molecule has 0 aromatic heterocycles. The molecule has 0 rings (SSSR count). The number of aliphatic hydroxyl groups excluding tert-OH is 2. The number of esters is 3. The zero-order valence-electron chi connectivity index (χ0n) is 50.7. The molecule has 0 amide bonds. The maximum absolute atomic E-state index is 12.9. The first-order valence-electron chi connectivity index (χ1n) is 31.6. The van der Waals surface area contributed by atoms with Crippen LogP contribution >= 0.6 is 15.6 Å². The molecular weight excluding hydrogens is 1070 g/mol. The minimum atomic E-state index is -4.92. The quantitative estimate of drug-likeness (QED) is 0.0146. The lowest BCUT2D eigenvalue weighted by molar-refractivity contribution is -0.161. The highest BCUT2D eigenvalue weighted by Crippen LogP contribution is 2.45. The Labute approximate surface area is 490 Å². The third kappa shape index (κ3) is 58.8. The van der Waals surface area contributed by atoms with Gasteiger partial charge in [-0.3, -0.25) is 32.5 Å². The number of ether oxygens (including phenoxy) is 3. The molecule has 5 atom stereocenters. The highest BCUT2D eigenvalue weighted by Gasteiger charge is 2.29. The topological polar surface area (TPSA) is 231 Å². The highest BCUT2D eigenvalue weighted by molar-refractivity contribution is 7.47. The largest absolute Gasteiger partial charge is 0.472 e. The number of unbranched alkanes of at least 4 members (excludes halogenated alkanes) is 27. The molecule has 4 N–H and O–H groups in total. The molecule has 0 heterocycles. The number of carbonyl (C=O) groups is 3. The van der Waals surface area contributed by atoms with E-state index >= 15 is 0 Å². The Kier molecular flexibility index (Phi) is 55.7. The summed E-state index contributed by atoms with van der Waals surface area (Å²) in [5.74, 6) is -1.60. The second-order valence-electron chi connectivity index (χ2n) is 21.2. The lowest BCUT2D eigenvalue weighted by Gasteiger charge is -2.21. The maximum atomic E-state index is 12.9. The molecule has 0 saturated heterocycles. The Bertz CT molecular complexity index is 1730. The zero-order chi connectivity index (χ0) is 59.6. The number of phosphoric ester groups is 2. The maximum Gasteiger partial charge on any atom is 0.472 e. The molecule has 81 heavy (non-hydrogen) atoms. The molecule has 0 aliphatic heterocycles. The number of allylic oxidation sites excluding steroid dienone is 10. The number of carbonyl (C=O) groups excluding carboxylic acids is 3. The van der Waals surface area contributed by atoms with E-state index < -0.39 is 91.5 Å². The first kappa shape index (κ1) is 78.2. The van der Waals surface area contributed by atoms with E-state index in [4.69, 9.17) is 32.3 Å².